The van der Waals surface area contributed by atoms with E-state index in [1.807, 2.05) is 0 Å². The molecule has 10 heteroatoms. The molecule has 2 aromatic heterocycles. The Kier molecular flexibility index (Phi) is 6.92. The molecular formula is C27H26N4O5S. The minimum absolute atomic E-state index is 0.0872. The number of ether oxygens (including phenoxy) is 1. The Morgan fingerprint density at radius 3 is 2.59 bits per heavy atom. The first-order chi connectivity index (χ1) is 17.6. The van der Waals surface area contributed by atoms with Crippen LogP contribution >= 0.6 is 0 Å². The molecule has 37 heavy (non-hydrogen) atoms. The van der Waals surface area contributed by atoms with Crippen molar-refractivity contribution in [1.29, 1.82) is 5.26 Å². The average Bonchev–Trinajstić information content (AvgIpc) is 3.34. The summed E-state index contributed by atoms with van der Waals surface area (Å²) in [6.45, 7) is 5.56. The number of aryl methyl sites for hydroxylation is 2. The van der Waals surface area contributed by atoms with Crippen LogP contribution in [0.5, 0.6) is 11.5 Å². The molecule has 0 saturated carbocycles. The summed E-state index contributed by atoms with van der Waals surface area (Å²) < 4.78 is 33.1. The predicted octanol–water partition coefficient (Wildman–Crippen LogP) is 4.05. The summed E-state index contributed by atoms with van der Waals surface area (Å²) in [6.07, 6.45) is 1.58. The molecule has 0 aliphatic heterocycles. The number of nitrogens with zero attached hydrogens (tertiary/aromatic N) is 2. The number of hydrogen-bond donors (Lipinski definition) is 2. The molecule has 0 atom stereocenters. The van der Waals surface area contributed by atoms with E-state index in [2.05, 4.69) is 16.4 Å². The van der Waals surface area contributed by atoms with Crippen LogP contribution in [0.25, 0.3) is 22.0 Å². The van der Waals surface area contributed by atoms with Crippen LogP contribution in [-0.2, 0) is 16.9 Å². The number of para-hydroxylation sites is 1. The van der Waals surface area contributed by atoms with Gasteiger partial charge in [-0.25, -0.2) is 8.42 Å². The summed E-state index contributed by atoms with van der Waals surface area (Å²) in [5.74, 6) is 0.165. The number of sulfone groups is 1. The van der Waals surface area contributed by atoms with Crippen molar-refractivity contribution in [2.75, 3.05) is 12.3 Å². The Morgan fingerprint density at radius 2 is 1.92 bits per heavy atom. The fraction of sp³-hybridized carbons (Fsp3) is 0.222. The largest absolute Gasteiger partial charge is 0.455 e. The number of fused-ring (bicyclic) bond motifs is 1. The normalized spacial score (nSPS) is 11.3. The third-order valence-corrected chi connectivity index (χ3v) is 7.80. The Hall–Kier alpha value is -4.36. The van der Waals surface area contributed by atoms with Crippen LogP contribution < -0.4 is 15.6 Å². The van der Waals surface area contributed by atoms with E-state index >= 15 is 0 Å². The van der Waals surface area contributed by atoms with Gasteiger partial charge in [-0.15, -0.1) is 0 Å². The van der Waals surface area contributed by atoms with Gasteiger partial charge in [0.15, 0.2) is 9.84 Å². The van der Waals surface area contributed by atoms with Crippen LogP contribution in [0.1, 0.15) is 35.5 Å². The van der Waals surface area contributed by atoms with Crippen molar-refractivity contribution in [2.45, 2.75) is 25.7 Å². The second kappa shape index (κ2) is 9.95. The summed E-state index contributed by atoms with van der Waals surface area (Å²) >= 11 is 0. The maximum absolute atomic E-state index is 12.9. The zero-order valence-electron chi connectivity index (χ0n) is 20.9. The molecule has 190 valence electrons. The van der Waals surface area contributed by atoms with Crippen LogP contribution in [0.2, 0.25) is 0 Å². The lowest BCUT2D eigenvalue weighted by molar-refractivity contribution is 0.0951. The van der Waals surface area contributed by atoms with E-state index in [0.717, 1.165) is 5.56 Å². The van der Waals surface area contributed by atoms with Gasteiger partial charge in [-0.3, -0.25) is 9.59 Å². The first-order valence-electron chi connectivity index (χ1n) is 11.7. The van der Waals surface area contributed by atoms with Crippen molar-refractivity contribution in [3.63, 3.8) is 0 Å². The lowest BCUT2D eigenvalue weighted by Crippen LogP contribution is -2.23. The third kappa shape index (κ3) is 4.73. The van der Waals surface area contributed by atoms with E-state index in [1.54, 1.807) is 64.3 Å². The number of pyridine rings is 1. The first kappa shape index (κ1) is 25.7. The summed E-state index contributed by atoms with van der Waals surface area (Å²) in [5, 5.41) is 12.7. The number of amides is 1. The number of carbonyl (C=O) groups excluding carboxylic acids is 1. The number of rotatable bonds is 7. The molecule has 9 nitrogen and oxygen atoms in total. The lowest BCUT2D eigenvalue weighted by atomic mass is 10.0. The van der Waals surface area contributed by atoms with Crippen molar-refractivity contribution in [1.82, 2.24) is 14.9 Å². The van der Waals surface area contributed by atoms with Gasteiger partial charge in [-0.1, -0.05) is 19.1 Å². The standard InChI is InChI=1S/C27H26N4O5S/c1-5-29-26(32)22-13-20-21(15-31(4)27(33)24(20)30-22)19-12-18(37(34,35)6-2)10-11-23(19)36-25-16(3)8-7-9-17(25)14-28/h7-13,15,30H,5-6H2,1-4H3,(H,29,32). The highest BCUT2D eigenvalue weighted by atomic mass is 32.2. The molecule has 2 heterocycles. The highest BCUT2D eigenvalue weighted by Gasteiger charge is 2.22. The molecular weight excluding hydrogens is 492 g/mol. The van der Waals surface area contributed by atoms with Crippen molar-refractivity contribution in [3.8, 4) is 28.7 Å². The third-order valence-electron chi connectivity index (χ3n) is 6.07. The zero-order valence-corrected chi connectivity index (χ0v) is 21.7. The van der Waals surface area contributed by atoms with Crippen molar-refractivity contribution in [3.05, 3.63) is 75.8 Å². The minimum atomic E-state index is -3.57. The van der Waals surface area contributed by atoms with Crippen molar-refractivity contribution < 1.29 is 17.9 Å². The molecule has 0 aliphatic carbocycles. The highest BCUT2D eigenvalue weighted by Crippen LogP contribution is 2.40. The molecule has 0 bridgehead atoms. The van der Waals surface area contributed by atoms with Crippen LogP contribution in [0.3, 0.4) is 0 Å². The molecule has 0 saturated heterocycles. The Morgan fingerprint density at radius 1 is 1.16 bits per heavy atom. The SMILES string of the molecule is CCNC(=O)c1cc2c(-c3cc(S(=O)(=O)CC)ccc3Oc3c(C)cccc3C#N)cn(C)c(=O)c2[nH]1. The second-order valence-corrected chi connectivity index (χ2v) is 10.8. The van der Waals surface area contributed by atoms with Crippen LogP contribution in [0, 0.1) is 18.3 Å². The minimum Gasteiger partial charge on any atom is -0.455 e. The quantitative estimate of drug-likeness (QED) is 0.379. The van der Waals surface area contributed by atoms with Gasteiger partial charge < -0.3 is 19.6 Å². The average molecular weight is 519 g/mol. The number of aromatic nitrogens is 2. The van der Waals surface area contributed by atoms with Crippen LogP contribution in [0.15, 0.2) is 58.4 Å². The van der Waals surface area contributed by atoms with E-state index in [0.29, 0.717) is 40.1 Å². The predicted molar refractivity (Wildman–Crippen MR) is 141 cm³/mol. The Bertz CT molecular complexity index is 1740. The fourth-order valence-electron chi connectivity index (χ4n) is 4.08. The van der Waals surface area contributed by atoms with E-state index in [-0.39, 0.29) is 33.3 Å². The fourth-order valence-corrected chi connectivity index (χ4v) is 4.99. The zero-order chi connectivity index (χ0) is 26.9. The Balaban J connectivity index is 2.04. The molecule has 0 aliphatic rings. The molecule has 4 aromatic rings. The Labute approximate surface area is 214 Å². The monoisotopic (exact) mass is 518 g/mol. The maximum atomic E-state index is 12.9. The van der Waals surface area contributed by atoms with Gasteiger partial charge in [0.1, 0.15) is 28.8 Å². The van der Waals surface area contributed by atoms with Gasteiger partial charge in [0.25, 0.3) is 11.5 Å². The molecule has 0 unspecified atom stereocenters. The molecule has 4 rings (SSSR count). The summed E-state index contributed by atoms with van der Waals surface area (Å²) in [7, 11) is -2.01. The number of carbonyl (C=O) groups is 1. The first-order valence-corrected chi connectivity index (χ1v) is 13.3. The van der Waals surface area contributed by atoms with Gasteiger partial charge in [-0.2, -0.15) is 5.26 Å². The number of hydrogen-bond acceptors (Lipinski definition) is 6. The number of nitriles is 1. The van der Waals surface area contributed by atoms with E-state index in [4.69, 9.17) is 4.74 Å². The van der Waals surface area contributed by atoms with E-state index in [9.17, 15) is 23.3 Å². The van der Waals surface area contributed by atoms with Gasteiger partial charge in [0.2, 0.25) is 0 Å². The lowest BCUT2D eigenvalue weighted by Gasteiger charge is -2.16. The summed E-state index contributed by atoms with van der Waals surface area (Å²) in [4.78, 5) is 28.4. The topological polar surface area (TPSA) is 134 Å². The molecule has 0 fully saturated rings. The summed E-state index contributed by atoms with van der Waals surface area (Å²) in [6, 6.07) is 13.4. The molecule has 0 radical (unpaired) electrons. The smallest absolute Gasteiger partial charge is 0.274 e. The number of benzene rings is 2. The second-order valence-electron chi connectivity index (χ2n) is 8.52. The van der Waals surface area contributed by atoms with Crippen LogP contribution in [0.4, 0.5) is 0 Å². The molecule has 0 spiro atoms. The van der Waals surface area contributed by atoms with Crippen LogP contribution in [-0.4, -0.2) is 36.2 Å². The molecule has 2 aromatic carbocycles. The summed E-state index contributed by atoms with van der Waals surface area (Å²) in [5.41, 5.74) is 1.97. The van der Waals surface area contributed by atoms with Gasteiger partial charge in [0, 0.05) is 36.3 Å². The highest BCUT2D eigenvalue weighted by molar-refractivity contribution is 7.91. The van der Waals surface area contributed by atoms with E-state index < -0.39 is 9.84 Å². The van der Waals surface area contributed by atoms with Gasteiger partial charge >= 0.3 is 0 Å². The maximum Gasteiger partial charge on any atom is 0.274 e. The number of nitrogens with one attached hydrogen (secondary N) is 2. The molecule has 1 amide bonds. The number of aromatic amines is 1. The molecule has 2 N–H and O–H groups in total. The van der Waals surface area contributed by atoms with E-state index in [1.165, 1.54) is 16.7 Å². The number of H-pyrrole nitrogens is 1. The van der Waals surface area contributed by atoms with Crippen molar-refractivity contribution >= 4 is 26.6 Å². The van der Waals surface area contributed by atoms with Crippen molar-refractivity contribution in [2.24, 2.45) is 7.05 Å². The van der Waals surface area contributed by atoms with Gasteiger partial charge in [0.05, 0.1) is 16.2 Å². The van der Waals surface area contributed by atoms with Gasteiger partial charge in [-0.05, 0) is 49.7 Å².